The lowest BCUT2D eigenvalue weighted by molar-refractivity contribution is -0.113. The number of allylic oxidation sites excluding steroid dienone is 1. The third-order valence-corrected chi connectivity index (χ3v) is 4.39. The normalized spacial score (nSPS) is 10.5. The number of nitrogens with one attached hydrogen (secondary N) is 1. The van der Waals surface area contributed by atoms with Crippen molar-refractivity contribution < 1.29 is 14.3 Å². The summed E-state index contributed by atoms with van der Waals surface area (Å²) in [5.41, 5.74) is 1.70. The molecule has 1 heterocycles. The maximum atomic E-state index is 12.2. The predicted octanol–water partition coefficient (Wildman–Crippen LogP) is 2.66. The van der Waals surface area contributed by atoms with E-state index in [1.165, 1.54) is 11.8 Å². The molecule has 0 bridgehead atoms. The van der Waals surface area contributed by atoms with Crippen LogP contribution in [0.4, 0.5) is 5.69 Å². The fraction of sp³-hybridized carbons (Fsp3) is 0.353. The molecule has 0 fully saturated rings. The zero-order valence-electron chi connectivity index (χ0n) is 14.6. The molecule has 1 N–H and O–H groups in total. The number of rotatable bonds is 9. The summed E-state index contributed by atoms with van der Waals surface area (Å²) in [7, 11) is 3.21. The van der Waals surface area contributed by atoms with Gasteiger partial charge in [-0.15, -0.1) is 16.8 Å². The number of methoxy groups -OCH3 is 2. The highest BCUT2D eigenvalue weighted by Crippen LogP contribution is 2.22. The summed E-state index contributed by atoms with van der Waals surface area (Å²) >= 11 is 1.32. The summed E-state index contributed by atoms with van der Waals surface area (Å²) in [5.74, 6) is 1.58. The number of hydrogen-bond acceptors (Lipinski definition) is 6. The van der Waals surface area contributed by atoms with Crippen LogP contribution in [-0.4, -0.2) is 40.6 Å². The average Bonchev–Trinajstić information content (AvgIpc) is 2.97. The number of thioether (sulfide) groups is 1. The fourth-order valence-electron chi connectivity index (χ4n) is 2.19. The van der Waals surface area contributed by atoms with Crippen LogP contribution in [0.2, 0.25) is 0 Å². The molecule has 0 aliphatic heterocycles. The van der Waals surface area contributed by atoms with E-state index in [0.29, 0.717) is 24.1 Å². The van der Waals surface area contributed by atoms with E-state index in [-0.39, 0.29) is 11.7 Å². The summed E-state index contributed by atoms with van der Waals surface area (Å²) in [6.07, 6.45) is 1.76. The summed E-state index contributed by atoms with van der Waals surface area (Å²) in [6.45, 7) is 6.58. The van der Waals surface area contributed by atoms with Crippen LogP contribution in [0, 0.1) is 6.92 Å². The van der Waals surface area contributed by atoms with Crippen LogP contribution in [0.5, 0.6) is 5.75 Å². The van der Waals surface area contributed by atoms with Gasteiger partial charge in [-0.2, -0.15) is 0 Å². The molecule has 0 atom stereocenters. The second-order valence-corrected chi connectivity index (χ2v) is 6.19. The Bertz CT molecular complexity index is 745. The first-order valence-corrected chi connectivity index (χ1v) is 8.66. The summed E-state index contributed by atoms with van der Waals surface area (Å²) in [5, 5.41) is 11.8. The molecule has 0 spiro atoms. The lowest BCUT2D eigenvalue weighted by atomic mass is 10.2. The monoisotopic (exact) mass is 362 g/mol. The zero-order chi connectivity index (χ0) is 18.2. The Morgan fingerprint density at radius 3 is 2.84 bits per heavy atom. The Balaban J connectivity index is 1.99. The summed E-state index contributed by atoms with van der Waals surface area (Å²) < 4.78 is 12.2. The number of benzene rings is 1. The van der Waals surface area contributed by atoms with Crippen molar-refractivity contribution in [3.8, 4) is 5.75 Å². The van der Waals surface area contributed by atoms with E-state index in [9.17, 15) is 4.79 Å². The van der Waals surface area contributed by atoms with E-state index in [0.717, 1.165) is 17.0 Å². The Hall–Kier alpha value is -2.32. The van der Waals surface area contributed by atoms with Gasteiger partial charge < -0.3 is 19.4 Å². The lowest BCUT2D eigenvalue weighted by Gasteiger charge is -2.10. The largest absolute Gasteiger partial charge is 0.497 e. The van der Waals surface area contributed by atoms with Gasteiger partial charge in [0, 0.05) is 19.3 Å². The molecule has 134 valence electrons. The van der Waals surface area contributed by atoms with Crippen molar-refractivity contribution in [3.05, 3.63) is 42.2 Å². The summed E-state index contributed by atoms with van der Waals surface area (Å²) in [6, 6.07) is 5.52. The van der Waals surface area contributed by atoms with E-state index >= 15 is 0 Å². The number of hydrogen-bond donors (Lipinski definition) is 1. The van der Waals surface area contributed by atoms with Gasteiger partial charge in [-0.25, -0.2) is 0 Å². The molecule has 0 unspecified atom stereocenters. The molecule has 8 heteroatoms. The molecule has 7 nitrogen and oxygen atoms in total. The van der Waals surface area contributed by atoms with Crippen molar-refractivity contribution in [2.75, 3.05) is 25.3 Å². The van der Waals surface area contributed by atoms with Crippen LogP contribution in [-0.2, 0) is 22.7 Å². The first-order valence-electron chi connectivity index (χ1n) is 7.68. The Kier molecular flexibility index (Phi) is 7.03. The van der Waals surface area contributed by atoms with Gasteiger partial charge in [0.15, 0.2) is 11.0 Å². The minimum atomic E-state index is -0.111. The molecular weight excluding hydrogens is 340 g/mol. The first kappa shape index (κ1) is 19.0. The average molecular weight is 362 g/mol. The van der Waals surface area contributed by atoms with Crippen LogP contribution in [0.3, 0.4) is 0 Å². The number of aryl methyl sites for hydroxylation is 1. The van der Waals surface area contributed by atoms with Crippen molar-refractivity contribution in [1.82, 2.24) is 14.8 Å². The number of ether oxygens (including phenoxy) is 2. The fourth-order valence-corrected chi connectivity index (χ4v) is 2.96. The highest BCUT2D eigenvalue weighted by atomic mass is 32.2. The van der Waals surface area contributed by atoms with Crippen LogP contribution in [0.15, 0.2) is 36.0 Å². The van der Waals surface area contributed by atoms with E-state index in [4.69, 9.17) is 9.47 Å². The summed E-state index contributed by atoms with van der Waals surface area (Å²) in [4.78, 5) is 12.2. The smallest absolute Gasteiger partial charge is 0.234 e. The number of anilines is 1. The molecule has 0 saturated carbocycles. The van der Waals surface area contributed by atoms with Crippen molar-refractivity contribution in [1.29, 1.82) is 0 Å². The molecule has 0 saturated heterocycles. The topological polar surface area (TPSA) is 78.3 Å². The van der Waals surface area contributed by atoms with Crippen molar-refractivity contribution in [3.63, 3.8) is 0 Å². The third-order valence-electron chi connectivity index (χ3n) is 3.42. The predicted molar refractivity (Wildman–Crippen MR) is 98.0 cm³/mol. The number of carbonyl (C=O) groups excluding carboxylic acids is 1. The molecule has 1 aromatic heterocycles. The van der Waals surface area contributed by atoms with Gasteiger partial charge in [-0.05, 0) is 30.7 Å². The highest BCUT2D eigenvalue weighted by Gasteiger charge is 2.14. The molecule has 0 aliphatic carbocycles. The van der Waals surface area contributed by atoms with Crippen LogP contribution in [0.25, 0.3) is 0 Å². The van der Waals surface area contributed by atoms with Crippen LogP contribution in [0.1, 0.15) is 11.4 Å². The van der Waals surface area contributed by atoms with Gasteiger partial charge in [0.25, 0.3) is 0 Å². The molecule has 0 radical (unpaired) electrons. The molecule has 2 aromatic rings. The van der Waals surface area contributed by atoms with Gasteiger partial charge in [0.05, 0.1) is 12.9 Å². The Morgan fingerprint density at radius 2 is 2.20 bits per heavy atom. The number of carbonyl (C=O) groups is 1. The maximum absolute atomic E-state index is 12.2. The molecule has 1 aromatic carbocycles. The third kappa shape index (κ3) is 5.07. The van der Waals surface area contributed by atoms with Crippen molar-refractivity contribution in [2.45, 2.75) is 25.2 Å². The number of nitrogens with zero attached hydrogens (tertiary/aromatic N) is 3. The minimum Gasteiger partial charge on any atom is -0.497 e. The van der Waals surface area contributed by atoms with E-state index in [2.05, 4.69) is 22.1 Å². The Labute approximate surface area is 151 Å². The maximum Gasteiger partial charge on any atom is 0.234 e. The molecule has 0 aliphatic rings. The lowest BCUT2D eigenvalue weighted by Crippen LogP contribution is -2.15. The highest BCUT2D eigenvalue weighted by molar-refractivity contribution is 7.99. The van der Waals surface area contributed by atoms with Gasteiger partial charge in [0.2, 0.25) is 5.91 Å². The van der Waals surface area contributed by atoms with Gasteiger partial charge in [0.1, 0.15) is 12.4 Å². The number of amides is 1. The van der Waals surface area contributed by atoms with E-state index in [1.807, 2.05) is 29.7 Å². The first-order chi connectivity index (χ1) is 12.1. The van der Waals surface area contributed by atoms with Gasteiger partial charge in [-0.3, -0.25) is 4.79 Å². The Morgan fingerprint density at radius 1 is 1.40 bits per heavy atom. The molecule has 25 heavy (non-hydrogen) atoms. The van der Waals surface area contributed by atoms with Crippen molar-refractivity contribution in [2.24, 2.45) is 0 Å². The van der Waals surface area contributed by atoms with E-state index < -0.39 is 0 Å². The van der Waals surface area contributed by atoms with Crippen molar-refractivity contribution >= 4 is 23.4 Å². The van der Waals surface area contributed by atoms with Gasteiger partial charge >= 0.3 is 0 Å². The quantitative estimate of drug-likeness (QED) is 0.546. The second-order valence-electron chi connectivity index (χ2n) is 5.25. The van der Waals surface area contributed by atoms with E-state index in [1.54, 1.807) is 20.3 Å². The standard InChI is InChI=1S/C17H22N4O3S/c1-5-8-21-15(10-23-3)19-20-17(21)25-11-16(22)18-14-7-6-13(24-4)9-12(14)2/h5-7,9H,1,8,10-11H2,2-4H3,(H,18,22). The van der Waals surface area contributed by atoms with Crippen LogP contribution < -0.4 is 10.1 Å². The van der Waals surface area contributed by atoms with Gasteiger partial charge in [-0.1, -0.05) is 17.8 Å². The second kappa shape index (κ2) is 9.24. The zero-order valence-corrected chi connectivity index (χ0v) is 15.4. The van der Waals surface area contributed by atoms with Crippen LogP contribution >= 0.6 is 11.8 Å². The SMILES string of the molecule is C=CCn1c(COC)nnc1SCC(=O)Nc1ccc(OC)cc1C. The number of aromatic nitrogens is 3. The molecule has 1 amide bonds. The molecule has 2 rings (SSSR count). The minimum absolute atomic E-state index is 0.111. The molecular formula is C17H22N4O3S.